The van der Waals surface area contributed by atoms with Gasteiger partial charge in [0.1, 0.15) is 5.75 Å². The van der Waals surface area contributed by atoms with E-state index >= 15 is 0 Å². The van der Waals surface area contributed by atoms with Gasteiger partial charge in [-0.2, -0.15) is 0 Å². The molecule has 1 rings (SSSR count). The first-order chi connectivity index (χ1) is 9.43. The van der Waals surface area contributed by atoms with Crippen molar-refractivity contribution in [3.63, 3.8) is 0 Å². The second-order valence-corrected chi connectivity index (χ2v) is 5.87. The molecule has 0 aliphatic heterocycles. The quantitative estimate of drug-likeness (QED) is 0.751. The largest absolute Gasteiger partial charge is 0.484 e. The van der Waals surface area contributed by atoms with Crippen LogP contribution in [0.25, 0.3) is 0 Å². The molecule has 0 aliphatic rings. The molecule has 112 valence electrons. The van der Waals surface area contributed by atoms with E-state index in [0.717, 1.165) is 18.7 Å². The Labute approximate surface area is 121 Å². The molecule has 0 saturated carbocycles. The Kier molecular flexibility index (Phi) is 6.52. The van der Waals surface area contributed by atoms with Gasteiger partial charge in [-0.1, -0.05) is 32.9 Å². The summed E-state index contributed by atoms with van der Waals surface area (Å²) in [5.74, 6) is 0.643. The Morgan fingerprint density at radius 2 is 1.80 bits per heavy atom. The number of rotatable bonds is 7. The summed E-state index contributed by atoms with van der Waals surface area (Å²) in [5.41, 5.74) is 1.38. The van der Waals surface area contributed by atoms with Crippen molar-refractivity contribution in [3.05, 3.63) is 29.8 Å². The second-order valence-electron chi connectivity index (χ2n) is 5.87. The minimum absolute atomic E-state index is 0.0639. The van der Waals surface area contributed by atoms with Crippen molar-refractivity contribution in [2.75, 3.05) is 26.7 Å². The van der Waals surface area contributed by atoms with Gasteiger partial charge in [-0.05, 0) is 43.1 Å². The maximum atomic E-state index is 11.5. The fourth-order valence-corrected chi connectivity index (χ4v) is 1.74. The van der Waals surface area contributed by atoms with E-state index in [9.17, 15) is 4.79 Å². The highest BCUT2D eigenvalue weighted by atomic mass is 16.5. The van der Waals surface area contributed by atoms with Crippen molar-refractivity contribution in [3.8, 4) is 5.75 Å². The Bertz CT molecular complexity index is 407. The molecule has 0 heterocycles. The van der Waals surface area contributed by atoms with Gasteiger partial charge in [0.2, 0.25) is 0 Å². The Morgan fingerprint density at radius 3 is 2.35 bits per heavy atom. The molecule has 0 aromatic heterocycles. The summed E-state index contributed by atoms with van der Waals surface area (Å²) in [6.45, 7) is 8.14. The average Bonchev–Trinajstić information content (AvgIpc) is 2.41. The first kappa shape index (κ1) is 16.5. The van der Waals surface area contributed by atoms with E-state index in [0.29, 0.717) is 6.54 Å². The smallest absolute Gasteiger partial charge is 0.257 e. The SMILES string of the molecule is CNCCCNC(=O)COc1ccc(C(C)(C)C)cc1. The highest BCUT2D eigenvalue weighted by molar-refractivity contribution is 5.77. The standard InChI is InChI=1S/C16H26N2O2/c1-16(2,3)13-6-8-14(9-7-13)20-12-15(19)18-11-5-10-17-4/h6-9,17H,5,10-12H2,1-4H3,(H,18,19). The van der Waals surface area contributed by atoms with E-state index in [-0.39, 0.29) is 17.9 Å². The molecule has 0 bridgehead atoms. The van der Waals surface area contributed by atoms with Crippen LogP contribution in [0.4, 0.5) is 0 Å². The summed E-state index contributed by atoms with van der Waals surface area (Å²) in [6.07, 6.45) is 0.919. The molecule has 0 fully saturated rings. The van der Waals surface area contributed by atoms with Crippen LogP contribution in [0.15, 0.2) is 24.3 Å². The summed E-state index contributed by atoms with van der Waals surface area (Å²) in [7, 11) is 1.90. The van der Waals surface area contributed by atoms with Gasteiger partial charge >= 0.3 is 0 Å². The summed E-state index contributed by atoms with van der Waals surface area (Å²) >= 11 is 0. The van der Waals surface area contributed by atoms with Crippen LogP contribution in [0.5, 0.6) is 5.75 Å². The van der Waals surface area contributed by atoms with E-state index in [4.69, 9.17) is 4.74 Å². The van der Waals surface area contributed by atoms with E-state index in [1.165, 1.54) is 5.56 Å². The molecule has 0 radical (unpaired) electrons. The van der Waals surface area contributed by atoms with E-state index in [2.05, 4.69) is 31.4 Å². The molecule has 0 saturated heterocycles. The van der Waals surface area contributed by atoms with Crippen LogP contribution in [0.2, 0.25) is 0 Å². The van der Waals surface area contributed by atoms with Crippen molar-refractivity contribution in [1.82, 2.24) is 10.6 Å². The Hall–Kier alpha value is -1.55. The topological polar surface area (TPSA) is 50.4 Å². The molecule has 2 N–H and O–H groups in total. The lowest BCUT2D eigenvalue weighted by atomic mass is 9.87. The minimum Gasteiger partial charge on any atom is -0.484 e. The zero-order valence-corrected chi connectivity index (χ0v) is 13.0. The summed E-state index contributed by atoms with van der Waals surface area (Å²) in [6, 6.07) is 7.91. The van der Waals surface area contributed by atoms with Crippen molar-refractivity contribution in [2.24, 2.45) is 0 Å². The van der Waals surface area contributed by atoms with Crippen molar-refractivity contribution >= 4 is 5.91 Å². The van der Waals surface area contributed by atoms with Crippen LogP contribution in [-0.4, -0.2) is 32.7 Å². The fraction of sp³-hybridized carbons (Fsp3) is 0.562. The van der Waals surface area contributed by atoms with Crippen molar-refractivity contribution < 1.29 is 9.53 Å². The molecule has 0 unspecified atom stereocenters. The molecule has 0 spiro atoms. The van der Waals surface area contributed by atoms with E-state index in [1.54, 1.807) is 0 Å². The van der Waals surface area contributed by atoms with Gasteiger partial charge in [0.25, 0.3) is 5.91 Å². The number of carbonyl (C=O) groups excluding carboxylic acids is 1. The first-order valence-corrected chi connectivity index (χ1v) is 7.08. The third-order valence-electron chi connectivity index (χ3n) is 3.02. The minimum atomic E-state index is -0.0824. The van der Waals surface area contributed by atoms with Crippen molar-refractivity contribution in [2.45, 2.75) is 32.6 Å². The lowest BCUT2D eigenvalue weighted by Crippen LogP contribution is -2.30. The van der Waals surface area contributed by atoms with Gasteiger partial charge in [-0.25, -0.2) is 0 Å². The predicted octanol–water partition coefficient (Wildman–Crippen LogP) is 2.09. The molecule has 1 aromatic carbocycles. The molecular weight excluding hydrogens is 252 g/mol. The zero-order valence-electron chi connectivity index (χ0n) is 13.0. The summed E-state index contributed by atoms with van der Waals surface area (Å²) < 4.78 is 5.46. The van der Waals surface area contributed by atoms with Crippen LogP contribution < -0.4 is 15.4 Å². The van der Waals surface area contributed by atoms with Crippen LogP contribution >= 0.6 is 0 Å². The molecule has 0 aliphatic carbocycles. The van der Waals surface area contributed by atoms with Crippen molar-refractivity contribution in [1.29, 1.82) is 0 Å². The number of amides is 1. The monoisotopic (exact) mass is 278 g/mol. The van der Waals surface area contributed by atoms with Crippen LogP contribution in [0.3, 0.4) is 0 Å². The maximum Gasteiger partial charge on any atom is 0.257 e. The van der Waals surface area contributed by atoms with Crippen LogP contribution in [-0.2, 0) is 10.2 Å². The maximum absolute atomic E-state index is 11.5. The number of hydrogen-bond acceptors (Lipinski definition) is 3. The number of nitrogens with one attached hydrogen (secondary N) is 2. The Morgan fingerprint density at radius 1 is 1.15 bits per heavy atom. The average molecular weight is 278 g/mol. The number of carbonyl (C=O) groups is 1. The van der Waals surface area contributed by atoms with Gasteiger partial charge in [0.05, 0.1) is 0 Å². The van der Waals surface area contributed by atoms with Crippen LogP contribution in [0.1, 0.15) is 32.8 Å². The van der Waals surface area contributed by atoms with Crippen LogP contribution in [0, 0.1) is 0 Å². The molecule has 1 aromatic rings. The lowest BCUT2D eigenvalue weighted by Gasteiger charge is -2.19. The number of ether oxygens (including phenoxy) is 1. The first-order valence-electron chi connectivity index (χ1n) is 7.08. The molecule has 4 nitrogen and oxygen atoms in total. The zero-order chi connectivity index (χ0) is 15.0. The normalized spacial score (nSPS) is 11.2. The van der Waals surface area contributed by atoms with Gasteiger partial charge in [-0.3, -0.25) is 4.79 Å². The molecular formula is C16H26N2O2. The number of hydrogen-bond donors (Lipinski definition) is 2. The lowest BCUT2D eigenvalue weighted by molar-refractivity contribution is -0.123. The van der Waals surface area contributed by atoms with Gasteiger partial charge in [-0.15, -0.1) is 0 Å². The second kappa shape index (κ2) is 7.90. The van der Waals surface area contributed by atoms with Gasteiger partial charge in [0, 0.05) is 6.54 Å². The van der Waals surface area contributed by atoms with E-state index < -0.39 is 0 Å². The predicted molar refractivity (Wildman–Crippen MR) is 82.2 cm³/mol. The highest BCUT2D eigenvalue weighted by Crippen LogP contribution is 2.24. The fourth-order valence-electron chi connectivity index (χ4n) is 1.74. The number of benzene rings is 1. The Balaban J connectivity index is 2.33. The molecule has 20 heavy (non-hydrogen) atoms. The van der Waals surface area contributed by atoms with Gasteiger partial charge < -0.3 is 15.4 Å². The highest BCUT2D eigenvalue weighted by Gasteiger charge is 2.13. The summed E-state index contributed by atoms with van der Waals surface area (Å²) in [5, 5.41) is 5.85. The third-order valence-corrected chi connectivity index (χ3v) is 3.02. The molecule has 4 heteroatoms. The molecule has 0 atom stereocenters. The summed E-state index contributed by atoms with van der Waals surface area (Å²) in [4.78, 5) is 11.5. The van der Waals surface area contributed by atoms with Gasteiger partial charge in [0.15, 0.2) is 6.61 Å². The van der Waals surface area contributed by atoms with E-state index in [1.807, 2.05) is 31.3 Å². The third kappa shape index (κ3) is 6.06. The molecule has 1 amide bonds.